The number of hydrogen-bond acceptors (Lipinski definition) is 4. The van der Waals surface area contributed by atoms with Crippen LogP contribution in [0, 0.1) is 11.6 Å². The first kappa shape index (κ1) is 34.1. The van der Waals surface area contributed by atoms with Crippen molar-refractivity contribution >= 4 is 46.2 Å². The van der Waals surface area contributed by atoms with E-state index < -0.39 is 5.60 Å². The number of benzene rings is 6. The molecule has 0 aromatic heterocycles. The van der Waals surface area contributed by atoms with Crippen LogP contribution in [0.15, 0.2) is 162 Å². The first-order valence-corrected chi connectivity index (χ1v) is 18.3. The van der Waals surface area contributed by atoms with Crippen LogP contribution in [0.3, 0.4) is 0 Å². The maximum Gasteiger partial charge on any atom is 0.211 e. The summed E-state index contributed by atoms with van der Waals surface area (Å²) in [6, 6.07) is 38.6. The smallest absolute Gasteiger partial charge is 0.211 e. The molecule has 0 radical (unpaired) electrons. The Balaban J connectivity index is 1.15. The fraction of sp³-hybridized carbons (Fsp3) is 0.102. The van der Waals surface area contributed by atoms with Crippen LogP contribution in [0.1, 0.15) is 52.8 Å². The highest BCUT2D eigenvalue weighted by molar-refractivity contribution is 6.54. The number of hydrogen-bond donors (Lipinski definition) is 0. The number of rotatable bonds is 5. The second-order valence-corrected chi connectivity index (χ2v) is 14.7. The predicted molar refractivity (Wildman–Crippen MR) is 218 cm³/mol. The first-order valence-electron chi connectivity index (χ1n) is 18.3. The summed E-state index contributed by atoms with van der Waals surface area (Å²) in [6.45, 7) is 4.35. The van der Waals surface area contributed by atoms with Gasteiger partial charge < -0.3 is 9.64 Å². The van der Waals surface area contributed by atoms with Gasteiger partial charge in [-0.3, -0.25) is 9.79 Å². The summed E-state index contributed by atoms with van der Waals surface area (Å²) in [7, 11) is 2.03. The molecule has 2 aliphatic heterocycles. The van der Waals surface area contributed by atoms with Gasteiger partial charge in [0, 0.05) is 63.4 Å². The van der Waals surface area contributed by atoms with Gasteiger partial charge in [0.2, 0.25) is 5.78 Å². The zero-order valence-electron chi connectivity index (χ0n) is 30.6. The molecular weight excluding hydrogens is 687 g/mol. The van der Waals surface area contributed by atoms with Gasteiger partial charge in [-0.15, -0.1) is 0 Å². The third-order valence-electron chi connectivity index (χ3n) is 11.1. The Hall–Kier alpha value is -6.66. The number of carbonyl (C=O) groups excluding carboxylic acids is 1. The average Bonchev–Trinajstić information content (AvgIpc) is 3.40. The van der Waals surface area contributed by atoms with Gasteiger partial charge in [-0.25, -0.2) is 8.78 Å². The van der Waals surface area contributed by atoms with E-state index in [2.05, 4.69) is 30.9 Å². The van der Waals surface area contributed by atoms with Gasteiger partial charge in [-0.2, -0.15) is 0 Å². The van der Waals surface area contributed by atoms with Crippen LogP contribution in [-0.4, -0.2) is 18.5 Å². The molecule has 4 nitrogen and oxygen atoms in total. The number of allylic oxidation sites excluding steroid dienone is 3. The van der Waals surface area contributed by atoms with Gasteiger partial charge in [-0.1, -0.05) is 117 Å². The lowest BCUT2D eigenvalue weighted by Crippen LogP contribution is -2.34. The van der Waals surface area contributed by atoms with Crippen molar-refractivity contribution < 1.29 is 18.3 Å². The van der Waals surface area contributed by atoms with E-state index in [0.29, 0.717) is 28.2 Å². The number of nitrogens with zero attached hydrogens (tertiary/aromatic N) is 2. The summed E-state index contributed by atoms with van der Waals surface area (Å²) >= 11 is 0. The topological polar surface area (TPSA) is 41.9 Å². The Morgan fingerprint density at radius 3 is 2.15 bits per heavy atom. The predicted octanol–water partition coefficient (Wildman–Crippen LogP) is 11.2. The highest BCUT2D eigenvalue weighted by Gasteiger charge is 2.40. The van der Waals surface area contributed by atoms with Crippen LogP contribution in [0.2, 0.25) is 0 Å². The minimum atomic E-state index is -1.19. The molecule has 55 heavy (non-hydrogen) atoms. The van der Waals surface area contributed by atoms with E-state index in [0.717, 1.165) is 44.4 Å². The number of para-hydroxylation sites is 1. The monoisotopic (exact) mass is 722 g/mol. The highest BCUT2D eigenvalue weighted by atomic mass is 19.1. The molecule has 2 heterocycles. The first-order chi connectivity index (χ1) is 26.6. The molecule has 0 unspecified atom stereocenters. The van der Waals surface area contributed by atoms with Crippen LogP contribution in [0.4, 0.5) is 14.5 Å². The van der Waals surface area contributed by atoms with E-state index in [1.54, 1.807) is 24.3 Å². The van der Waals surface area contributed by atoms with E-state index in [1.807, 2.05) is 110 Å². The molecule has 268 valence electrons. The van der Waals surface area contributed by atoms with Gasteiger partial charge in [0.15, 0.2) is 5.60 Å². The lowest BCUT2D eigenvalue weighted by molar-refractivity contribution is -0.109. The Kier molecular flexibility index (Phi) is 8.08. The van der Waals surface area contributed by atoms with Gasteiger partial charge in [0.25, 0.3) is 0 Å². The quantitative estimate of drug-likeness (QED) is 0.178. The van der Waals surface area contributed by atoms with E-state index in [9.17, 15) is 13.6 Å². The Bertz CT molecular complexity index is 2650. The van der Waals surface area contributed by atoms with Gasteiger partial charge in [0.1, 0.15) is 23.1 Å². The summed E-state index contributed by atoms with van der Waals surface area (Å²) in [5.74, 6) is -0.351. The van der Waals surface area contributed by atoms with Crippen LogP contribution < -0.4 is 9.64 Å². The second-order valence-electron chi connectivity index (χ2n) is 14.7. The fourth-order valence-electron chi connectivity index (χ4n) is 8.17. The maximum absolute atomic E-state index is 14.4. The average molecular weight is 723 g/mol. The number of ketones is 1. The summed E-state index contributed by atoms with van der Waals surface area (Å²) in [5.41, 5.74) is 7.34. The number of Topliss-reactive ketones (excluding diaryl/α,β-unsaturated/α-hetero) is 1. The van der Waals surface area contributed by atoms with Crippen molar-refractivity contribution in [3.63, 3.8) is 0 Å². The fourth-order valence-corrected chi connectivity index (χ4v) is 8.17. The van der Waals surface area contributed by atoms with Crippen LogP contribution >= 0.6 is 0 Å². The molecule has 0 saturated heterocycles. The Morgan fingerprint density at radius 2 is 1.42 bits per heavy atom. The molecule has 9 rings (SSSR count). The lowest BCUT2D eigenvalue weighted by atomic mass is 9.82. The highest BCUT2D eigenvalue weighted by Crippen LogP contribution is 2.48. The number of carbonyl (C=O) groups is 1. The van der Waals surface area contributed by atoms with Crippen LogP contribution in [0.5, 0.6) is 5.75 Å². The van der Waals surface area contributed by atoms with Crippen molar-refractivity contribution in [3.8, 4) is 5.75 Å². The van der Waals surface area contributed by atoms with Gasteiger partial charge in [-0.05, 0) is 76.5 Å². The largest absolute Gasteiger partial charge is 0.472 e. The molecule has 1 aliphatic carbocycles. The van der Waals surface area contributed by atoms with Crippen LogP contribution in [0.25, 0.3) is 29.0 Å². The molecule has 6 aromatic rings. The lowest BCUT2D eigenvalue weighted by Gasteiger charge is -2.37. The third kappa shape index (κ3) is 5.64. The Morgan fingerprint density at radius 1 is 0.764 bits per heavy atom. The normalized spacial score (nSPS) is 18.0. The molecule has 0 amide bonds. The molecule has 0 N–H and O–H groups in total. The van der Waals surface area contributed by atoms with Gasteiger partial charge in [0.05, 0.1) is 0 Å². The van der Waals surface area contributed by atoms with E-state index in [4.69, 9.17) is 9.73 Å². The molecule has 0 saturated carbocycles. The second kappa shape index (κ2) is 13.0. The van der Waals surface area contributed by atoms with Crippen molar-refractivity contribution in [2.45, 2.75) is 24.9 Å². The molecule has 6 aromatic carbocycles. The Labute approximate surface area is 318 Å². The zero-order valence-corrected chi connectivity index (χ0v) is 30.6. The summed E-state index contributed by atoms with van der Waals surface area (Å²) in [6.07, 6.45) is 11.4. The van der Waals surface area contributed by atoms with Crippen molar-refractivity contribution in [1.29, 1.82) is 0 Å². The van der Waals surface area contributed by atoms with E-state index in [1.165, 1.54) is 29.8 Å². The number of aliphatic imine (C=N–C) groups is 1. The zero-order chi connectivity index (χ0) is 37.9. The van der Waals surface area contributed by atoms with Crippen molar-refractivity contribution in [1.82, 2.24) is 0 Å². The number of halogens is 2. The molecule has 0 spiro atoms. The van der Waals surface area contributed by atoms with E-state index >= 15 is 0 Å². The minimum absolute atomic E-state index is 0.190. The summed E-state index contributed by atoms with van der Waals surface area (Å²) in [4.78, 5) is 21.5. The van der Waals surface area contributed by atoms with E-state index in [-0.39, 0.29) is 22.8 Å². The number of ether oxygens (including phenoxy) is 1. The minimum Gasteiger partial charge on any atom is -0.472 e. The van der Waals surface area contributed by atoms with Crippen molar-refractivity contribution in [2.75, 3.05) is 11.9 Å². The molecular formula is C49H36F2N2O2. The molecule has 6 heteroatoms. The SMILES string of the molecule is CN1/C(=C\N=C2C(=O)C(/C=C\c3cc4ccccc4c4c3OC(c3ccc(F)cc3)(c3ccc(F)cc3)C=C4)=Cc3ccccc32)C(C)(C)c2ccccc21. The number of fused-ring (bicyclic) bond motifs is 5. The maximum atomic E-state index is 14.4. The number of likely N-dealkylation sites (N-methyl/N-ethyl adjacent to an activating group) is 1. The summed E-state index contributed by atoms with van der Waals surface area (Å²) in [5, 5.41) is 1.99. The molecule has 0 fully saturated rings. The molecule has 0 bridgehead atoms. The third-order valence-corrected chi connectivity index (χ3v) is 11.1. The standard InChI is InChI=1S/C49H36F2N2O2/c1-48(2)42-14-8-9-15-43(42)53(3)44(48)30-52-45-40-13-7-5-11-32(40)28-33(46(45)54)16-17-34-29-31-10-4-6-12-39(31)41-26-27-49(55-47(34)41,35-18-22-37(50)23-19-35)36-20-24-38(51)25-21-36/h4-30H,1-3H3/b17-16-,44-30-,52-45?. The van der Waals surface area contributed by atoms with Gasteiger partial charge >= 0.3 is 0 Å². The van der Waals surface area contributed by atoms with Crippen molar-refractivity contribution in [3.05, 3.63) is 208 Å². The van der Waals surface area contributed by atoms with Crippen molar-refractivity contribution in [2.24, 2.45) is 4.99 Å². The molecule has 3 aliphatic rings. The summed E-state index contributed by atoms with van der Waals surface area (Å²) < 4.78 is 35.5. The number of anilines is 1. The van der Waals surface area contributed by atoms with Crippen LogP contribution in [-0.2, 0) is 15.8 Å². The molecule has 0 atom stereocenters.